The summed E-state index contributed by atoms with van der Waals surface area (Å²) >= 11 is 0. The molecule has 0 bridgehead atoms. The summed E-state index contributed by atoms with van der Waals surface area (Å²) in [5.74, 6) is 0.638. The molecule has 2 rings (SSSR count). The second kappa shape index (κ2) is 11.4. The molecule has 1 aliphatic heterocycles. The summed E-state index contributed by atoms with van der Waals surface area (Å²) in [5, 5.41) is 0. The SMILES string of the molecule is C1CCC(C2COCCOCCOCCOCCO2)CC1. The second-order valence-corrected chi connectivity index (χ2v) is 5.72. The molecule has 1 unspecified atom stereocenters. The van der Waals surface area contributed by atoms with Crippen LogP contribution >= 0.6 is 0 Å². The maximum atomic E-state index is 6.03. The largest absolute Gasteiger partial charge is 0.377 e. The van der Waals surface area contributed by atoms with Gasteiger partial charge in [-0.1, -0.05) is 19.3 Å². The molecule has 0 radical (unpaired) electrons. The Balaban J connectivity index is 1.74. The van der Waals surface area contributed by atoms with Crippen LogP contribution in [0.3, 0.4) is 0 Å². The topological polar surface area (TPSA) is 46.2 Å². The van der Waals surface area contributed by atoms with E-state index in [0.717, 1.165) is 0 Å². The van der Waals surface area contributed by atoms with E-state index < -0.39 is 0 Å². The highest BCUT2D eigenvalue weighted by Crippen LogP contribution is 2.28. The molecule has 5 heteroatoms. The Morgan fingerprint density at radius 2 is 1.05 bits per heavy atom. The van der Waals surface area contributed by atoms with Gasteiger partial charge in [0.15, 0.2) is 0 Å². The molecule has 0 aromatic rings. The smallest absolute Gasteiger partial charge is 0.0837 e. The summed E-state index contributed by atoms with van der Waals surface area (Å²) < 4.78 is 28.1. The van der Waals surface area contributed by atoms with Crippen LogP contribution in [0, 0.1) is 5.92 Å². The molecular formula is C16H30O5. The molecule has 2 fully saturated rings. The predicted octanol–water partition coefficient (Wildman–Crippen LogP) is 2.03. The van der Waals surface area contributed by atoms with E-state index >= 15 is 0 Å². The van der Waals surface area contributed by atoms with E-state index in [4.69, 9.17) is 23.7 Å². The first-order chi connectivity index (χ1) is 10.5. The predicted molar refractivity (Wildman–Crippen MR) is 79.6 cm³/mol. The molecule has 21 heavy (non-hydrogen) atoms. The zero-order chi connectivity index (χ0) is 14.6. The third-order valence-corrected chi connectivity index (χ3v) is 4.13. The van der Waals surface area contributed by atoms with Gasteiger partial charge in [0.1, 0.15) is 0 Å². The first kappa shape index (κ1) is 17.2. The van der Waals surface area contributed by atoms with Gasteiger partial charge in [-0.2, -0.15) is 0 Å². The van der Waals surface area contributed by atoms with E-state index in [0.29, 0.717) is 65.4 Å². The lowest BCUT2D eigenvalue weighted by Crippen LogP contribution is -2.32. The lowest BCUT2D eigenvalue weighted by molar-refractivity contribution is -0.0747. The summed E-state index contributed by atoms with van der Waals surface area (Å²) in [6, 6.07) is 0. The molecule has 1 saturated heterocycles. The quantitative estimate of drug-likeness (QED) is 0.742. The van der Waals surface area contributed by atoms with Crippen molar-refractivity contribution in [3.8, 4) is 0 Å². The fraction of sp³-hybridized carbons (Fsp3) is 1.00. The minimum absolute atomic E-state index is 0.204. The molecule has 0 aromatic carbocycles. The zero-order valence-corrected chi connectivity index (χ0v) is 13.1. The van der Waals surface area contributed by atoms with Crippen molar-refractivity contribution in [2.75, 3.05) is 59.5 Å². The minimum Gasteiger partial charge on any atom is -0.377 e. The summed E-state index contributed by atoms with van der Waals surface area (Å²) in [5.41, 5.74) is 0. The molecule has 0 aromatic heterocycles. The standard InChI is InChI=1S/C16H30O5/c1-2-4-15(5-3-1)16-14-20-11-10-18-7-6-17-8-9-19-12-13-21-16/h15-16H,1-14H2. The van der Waals surface area contributed by atoms with Crippen molar-refractivity contribution in [1.82, 2.24) is 0 Å². The lowest BCUT2D eigenvalue weighted by atomic mass is 9.85. The molecule has 1 aliphatic carbocycles. The van der Waals surface area contributed by atoms with Gasteiger partial charge in [-0.25, -0.2) is 0 Å². The Morgan fingerprint density at radius 3 is 1.67 bits per heavy atom. The monoisotopic (exact) mass is 302 g/mol. The van der Waals surface area contributed by atoms with Gasteiger partial charge in [-0.3, -0.25) is 0 Å². The van der Waals surface area contributed by atoms with Crippen molar-refractivity contribution in [2.24, 2.45) is 5.92 Å². The molecule has 1 heterocycles. The molecule has 1 atom stereocenters. The Labute approximate surface area is 128 Å². The Morgan fingerprint density at radius 1 is 0.524 bits per heavy atom. The lowest BCUT2D eigenvalue weighted by Gasteiger charge is -2.30. The van der Waals surface area contributed by atoms with E-state index in [1.807, 2.05) is 0 Å². The van der Waals surface area contributed by atoms with E-state index in [9.17, 15) is 0 Å². The van der Waals surface area contributed by atoms with Gasteiger partial charge < -0.3 is 23.7 Å². The summed E-state index contributed by atoms with van der Waals surface area (Å²) in [6.45, 7) is 5.66. The minimum atomic E-state index is 0.204. The van der Waals surface area contributed by atoms with Crippen LogP contribution in [0.1, 0.15) is 32.1 Å². The van der Waals surface area contributed by atoms with Gasteiger partial charge in [-0.05, 0) is 18.8 Å². The van der Waals surface area contributed by atoms with E-state index in [-0.39, 0.29) is 6.10 Å². The Bertz CT molecular complexity index is 227. The van der Waals surface area contributed by atoms with Crippen molar-refractivity contribution in [3.05, 3.63) is 0 Å². The van der Waals surface area contributed by atoms with Gasteiger partial charge in [0.2, 0.25) is 0 Å². The molecule has 0 amide bonds. The second-order valence-electron chi connectivity index (χ2n) is 5.72. The molecule has 0 spiro atoms. The maximum absolute atomic E-state index is 6.03. The van der Waals surface area contributed by atoms with Gasteiger partial charge >= 0.3 is 0 Å². The average molecular weight is 302 g/mol. The van der Waals surface area contributed by atoms with Crippen molar-refractivity contribution in [2.45, 2.75) is 38.2 Å². The zero-order valence-electron chi connectivity index (χ0n) is 13.1. The van der Waals surface area contributed by atoms with E-state index in [1.54, 1.807) is 0 Å². The Hall–Kier alpha value is -0.200. The highest BCUT2D eigenvalue weighted by atomic mass is 16.6. The van der Waals surface area contributed by atoms with Gasteiger partial charge in [-0.15, -0.1) is 0 Å². The summed E-state index contributed by atoms with van der Waals surface area (Å²) in [6.07, 6.45) is 6.73. The maximum Gasteiger partial charge on any atom is 0.0837 e. The highest BCUT2D eigenvalue weighted by Gasteiger charge is 2.24. The van der Waals surface area contributed by atoms with Crippen LogP contribution in [0.4, 0.5) is 0 Å². The van der Waals surface area contributed by atoms with Crippen LogP contribution in [-0.2, 0) is 23.7 Å². The number of hydrogen-bond acceptors (Lipinski definition) is 5. The third-order valence-electron chi connectivity index (χ3n) is 4.13. The van der Waals surface area contributed by atoms with Crippen molar-refractivity contribution >= 4 is 0 Å². The highest BCUT2D eigenvalue weighted by molar-refractivity contribution is 4.74. The fourth-order valence-corrected chi connectivity index (χ4v) is 2.94. The Kier molecular flexibility index (Phi) is 9.30. The van der Waals surface area contributed by atoms with E-state index in [2.05, 4.69) is 0 Å². The van der Waals surface area contributed by atoms with Crippen molar-refractivity contribution < 1.29 is 23.7 Å². The van der Waals surface area contributed by atoms with Crippen LogP contribution in [0.2, 0.25) is 0 Å². The van der Waals surface area contributed by atoms with Crippen LogP contribution in [0.15, 0.2) is 0 Å². The first-order valence-electron chi connectivity index (χ1n) is 8.39. The third kappa shape index (κ3) is 7.56. The van der Waals surface area contributed by atoms with Crippen LogP contribution in [-0.4, -0.2) is 65.6 Å². The van der Waals surface area contributed by atoms with Gasteiger partial charge in [0.05, 0.1) is 65.6 Å². The number of rotatable bonds is 1. The van der Waals surface area contributed by atoms with Gasteiger partial charge in [0.25, 0.3) is 0 Å². The van der Waals surface area contributed by atoms with Crippen LogP contribution in [0.25, 0.3) is 0 Å². The van der Waals surface area contributed by atoms with Crippen LogP contribution < -0.4 is 0 Å². The molecule has 124 valence electrons. The first-order valence-corrected chi connectivity index (χ1v) is 8.39. The number of hydrogen-bond donors (Lipinski definition) is 0. The van der Waals surface area contributed by atoms with E-state index in [1.165, 1.54) is 32.1 Å². The summed E-state index contributed by atoms with van der Waals surface area (Å²) in [7, 11) is 0. The van der Waals surface area contributed by atoms with Crippen LogP contribution in [0.5, 0.6) is 0 Å². The molecule has 5 nitrogen and oxygen atoms in total. The van der Waals surface area contributed by atoms with Crippen molar-refractivity contribution in [3.63, 3.8) is 0 Å². The molecule has 2 aliphatic rings. The number of ether oxygens (including phenoxy) is 5. The van der Waals surface area contributed by atoms with Gasteiger partial charge in [0, 0.05) is 0 Å². The summed E-state index contributed by atoms with van der Waals surface area (Å²) in [4.78, 5) is 0. The molecule has 1 saturated carbocycles. The molecule has 0 N–H and O–H groups in total. The fourth-order valence-electron chi connectivity index (χ4n) is 2.94. The normalized spacial score (nSPS) is 29.4. The average Bonchev–Trinajstić information content (AvgIpc) is 2.54. The van der Waals surface area contributed by atoms with Crippen molar-refractivity contribution in [1.29, 1.82) is 0 Å². The molecular weight excluding hydrogens is 272 g/mol.